The summed E-state index contributed by atoms with van der Waals surface area (Å²) in [5, 5.41) is 1.33. The van der Waals surface area contributed by atoms with E-state index in [-0.39, 0.29) is 0 Å². The fraction of sp³-hybridized carbons (Fsp3) is 0.133. The molecule has 0 atom stereocenters. The molecule has 1 amide bonds. The summed E-state index contributed by atoms with van der Waals surface area (Å²) in [6, 6.07) is 12.1. The van der Waals surface area contributed by atoms with E-state index < -0.39 is 5.91 Å². The van der Waals surface area contributed by atoms with Gasteiger partial charge in [0.05, 0.1) is 11.6 Å². The lowest BCUT2D eigenvalue weighted by atomic mass is 10.2. The number of thioether (sulfide) groups is 1. The Morgan fingerprint density at radius 1 is 1.14 bits per heavy atom. The average molecular weight is 342 g/mol. The van der Waals surface area contributed by atoms with E-state index in [0.717, 1.165) is 10.6 Å². The van der Waals surface area contributed by atoms with Crippen LogP contribution in [0.2, 0.25) is 10.0 Å². The van der Waals surface area contributed by atoms with Crippen LogP contribution in [0.1, 0.15) is 10.4 Å². The number of hydrogen-bond donors (Lipinski definition) is 1. The fourth-order valence-electron chi connectivity index (χ4n) is 1.61. The van der Waals surface area contributed by atoms with Crippen LogP contribution in [0.5, 0.6) is 5.75 Å². The molecule has 3 nitrogen and oxygen atoms in total. The van der Waals surface area contributed by atoms with Gasteiger partial charge in [0.2, 0.25) is 5.91 Å². The van der Waals surface area contributed by atoms with Crippen molar-refractivity contribution in [2.75, 3.05) is 12.4 Å². The molecule has 0 radical (unpaired) electrons. The summed E-state index contributed by atoms with van der Waals surface area (Å²) in [6.07, 6.45) is 0. The number of benzene rings is 2. The lowest BCUT2D eigenvalue weighted by Gasteiger charge is -2.07. The van der Waals surface area contributed by atoms with Gasteiger partial charge in [0, 0.05) is 21.2 Å². The molecule has 0 aliphatic carbocycles. The molecule has 0 spiro atoms. The molecule has 2 aromatic carbocycles. The maximum Gasteiger partial charge on any atom is 0.248 e. The third-order valence-electron chi connectivity index (χ3n) is 2.64. The highest BCUT2D eigenvalue weighted by atomic mass is 35.5. The van der Waals surface area contributed by atoms with Gasteiger partial charge in [0.15, 0.2) is 0 Å². The molecule has 0 bridgehead atoms. The molecular formula is C15H13Cl2NO2S. The number of ether oxygens (including phenoxy) is 1. The summed E-state index contributed by atoms with van der Waals surface area (Å²) in [4.78, 5) is 11.9. The second-order valence-electron chi connectivity index (χ2n) is 4.16. The van der Waals surface area contributed by atoms with Crippen LogP contribution >= 0.6 is 35.0 Å². The van der Waals surface area contributed by atoms with E-state index >= 15 is 0 Å². The van der Waals surface area contributed by atoms with Crippen LogP contribution in [-0.4, -0.2) is 18.3 Å². The lowest BCUT2D eigenvalue weighted by Crippen LogP contribution is -2.10. The Morgan fingerprint density at radius 3 is 2.52 bits per heavy atom. The summed E-state index contributed by atoms with van der Waals surface area (Å²) in [5.74, 6) is 0.975. The van der Waals surface area contributed by atoms with Gasteiger partial charge in [0.25, 0.3) is 0 Å². The van der Waals surface area contributed by atoms with Gasteiger partial charge in [-0.05, 0) is 42.5 Å². The van der Waals surface area contributed by atoms with Gasteiger partial charge in [-0.15, -0.1) is 11.8 Å². The normalized spacial score (nSPS) is 10.4. The van der Waals surface area contributed by atoms with Crippen molar-refractivity contribution >= 4 is 40.9 Å². The Hall–Kier alpha value is -1.36. The number of hydrogen-bond acceptors (Lipinski definition) is 3. The highest BCUT2D eigenvalue weighted by Gasteiger charge is 2.03. The molecule has 6 heteroatoms. The van der Waals surface area contributed by atoms with Crippen LogP contribution in [0.15, 0.2) is 47.4 Å². The van der Waals surface area contributed by atoms with Crippen LogP contribution in [-0.2, 0) is 0 Å². The van der Waals surface area contributed by atoms with E-state index in [2.05, 4.69) is 0 Å². The molecule has 0 unspecified atom stereocenters. The topological polar surface area (TPSA) is 52.3 Å². The maximum absolute atomic E-state index is 10.9. The predicted octanol–water partition coefficient (Wildman–Crippen LogP) is 4.26. The quantitative estimate of drug-likeness (QED) is 0.630. The first-order valence-corrected chi connectivity index (χ1v) is 7.91. The van der Waals surface area contributed by atoms with E-state index in [0.29, 0.717) is 28.0 Å². The average Bonchev–Trinajstić information content (AvgIpc) is 2.47. The molecule has 0 heterocycles. The summed E-state index contributed by atoms with van der Waals surface area (Å²) >= 11 is 13.6. The van der Waals surface area contributed by atoms with E-state index in [4.69, 9.17) is 33.7 Å². The highest BCUT2D eigenvalue weighted by molar-refractivity contribution is 7.99. The molecule has 0 aromatic heterocycles. The Morgan fingerprint density at radius 2 is 1.86 bits per heavy atom. The summed E-state index contributed by atoms with van der Waals surface area (Å²) < 4.78 is 5.58. The number of nitrogens with two attached hydrogens (primary N) is 1. The first-order chi connectivity index (χ1) is 10.1. The Bertz CT molecular complexity index is 632. The van der Waals surface area contributed by atoms with Gasteiger partial charge in [-0.2, -0.15) is 0 Å². The Labute approximate surface area is 137 Å². The summed E-state index contributed by atoms with van der Waals surface area (Å²) in [7, 11) is 0. The summed E-state index contributed by atoms with van der Waals surface area (Å²) in [6.45, 7) is 0.517. The van der Waals surface area contributed by atoms with Gasteiger partial charge in [-0.1, -0.05) is 23.2 Å². The Kier molecular flexibility index (Phi) is 5.79. The van der Waals surface area contributed by atoms with Crippen molar-refractivity contribution in [1.29, 1.82) is 0 Å². The minimum atomic E-state index is -0.451. The highest BCUT2D eigenvalue weighted by Crippen LogP contribution is 2.29. The molecular weight excluding hydrogens is 329 g/mol. The molecule has 2 rings (SSSR count). The van der Waals surface area contributed by atoms with Crippen molar-refractivity contribution < 1.29 is 9.53 Å². The van der Waals surface area contributed by atoms with E-state index in [1.807, 2.05) is 6.07 Å². The van der Waals surface area contributed by atoms with Crippen molar-refractivity contribution in [1.82, 2.24) is 0 Å². The number of carbonyl (C=O) groups is 1. The first kappa shape index (κ1) is 16.0. The zero-order chi connectivity index (χ0) is 15.2. The van der Waals surface area contributed by atoms with E-state index in [1.54, 1.807) is 48.2 Å². The van der Waals surface area contributed by atoms with Crippen molar-refractivity contribution in [3.8, 4) is 5.75 Å². The fourth-order valence-corrected chi connectivity index (χ4v) is 2.94. The van der Waals surface area contributed by atoms with Crippen molar-refractivity contribution in [2.45, 2.75) is 4.90 Å². The van der Waals surface area contributed by atoms with Gasteiger partial charge in [-0.25, -0.2) is 0 Å². The minimum absolute atomic E-state index is 0.451. The molecule has 0 aliphatic rings. The molecule has 110 valence electrons. The molecule has 0 fully saturated rings. The third-order valence-corrected chi connectivity index (χ3v) is 4.34. The third kappa shape index (κ3) is 4.84. The van der Waals surface area contributed by atoms with Crippen LogP contribution in [0.25, 0.3) is 0 Å². The lowest BCUT2D eigenvalue weighted by molar-refractivity contribution is 0.100. The second-order valence-corrected chi connectivity index (χ2v) is 6.14. The van der Waals surface area contributed by atoms with Gasteiger partial charge in [0.1, 0.15) is 5.75 Å². The van der Waals surface area contributed by atoms with Crippen molar-refractivity contribution in [3.05, 3.63) is 58.1 Å². The molecule has 0 saturated carbocycles. The molecule has 0 aliphatic heterocycles. The van der Waals surface area contributed by atoms with Gasteiger partial charge in [-0.3, -0.25) is 4.79 Å². The number of rotatable bonds is 6. The monoisotopic (exact) mass is 341 g/mol. The molecule has 21 heavy (non-hydrogen) atoms. The van der Waals surface area contributed by atoms with Gasteiger partial charge < -0.3 is 10.5 Å². The summed E-state index contributed by atoms with van der Waals surface area (Å²) in [5.41, 5.74) is 5.63. The van der Waals surface area contributed by atoms with Gasteiger partial charge >= 0.3 is 0 Å². The standard InChI is InChI=1S/C15H13Cl2NO2S/c16-11-3-6-13(17)14(9-11)21-8-7-20-12-4-1-10(2-5-12)15(18)19/h1-6,9H,7-8H2,(H2,18,19). The van der Waals surface area contributed by atoms with E-state index in [1.165, 1.54) is 0 Å². The van der Waals surface area contributed by atoms with Crippen LogP contribution < -0.4 is 10.5 Å². The van der Waals surface area contributed by atoms with E-state index in [9.17, 15) is 4.79 Å². The van der Waals surface area contributed by atoms with Crippen LogP contribution in [0.4, 0.5) is 0 Å². The largest absolute Gasteiger partial charge is 0.493 e. The zero-order valence-electron chi connectivity index (χ0n) is 11.0. The Balaban J connectivity index is 1.81. The number of carbonyl (C=O) groups excluding carboxylic acids is 1. The van der Waals surface area contributed by atoms with Crippen LogP contribution in [0, 0.1) is 0 Å². The van der Waals surface area contributed by atoms with Crippen molar-refractivity contribution in [2.24, 2.45) is 5.73 Å². The van der Waals surface area contributed by atoms with Crippen molar-refractivity contribution in [3.63, 3.8) is 0 Å². The molecule has 2 N–H and O–H groups in total. The smallest absolute Gasteiger partial charge is 0.248 e. The maximum atomic E-state index is 10.9. The predicted molar refractivity (Wildman–Crippen MR) is 87.6 cm³/mol. The zero-order valence-corrected chi connectivity index (χ0v) is 13.3. The minimum Gasteiger partial charge on any atom is -0.493 e. The number of amides is 1. The molecule has 2 aromatic rings. The SMILES string of the molecule is NC(=O)c1ccc(OCCSc2cc(Cl)ccc2Cl)cc1. The first-order valence-electron chi connectivity index (χ1n) is 6.17. The molecule has 0 saturated heterocycles. The van der Waals surface area contributed by atoms with Crippen LogP contribution in [0.3, 0.4) is 0 Å². The number of primary amides is 1. The number of halogens is 2. The second kappa shape index (κ2) is 7.59.